The third-order valence-electron chi connectivity index (χ3n) is 4.07. The second-order valence-corrected chi connectivity index (χ2v) is 6.73. The van der Waals surface area contributed by atoms with Crippen molar-refractivity contribution in [2.75, 3.05) is 13.2 Å². The van der Waals surface area contributed by atoms with Crippen molar-refractivity contribution in [2.24, 2.45) is 0 Å². The third kappa shape index (κ3) is 4.42. The zero-order valence-corrected chi connectivity index (χ0v) is 17.5. The lowest BCUT2D eigenvalue weighted by atomic mass is 9.90. The zero-order valence-electron chi connectivity index (χ0n) is 15.9. The number of halogens is 1. The molecule has 0 aliphatic heterocycles. The number of hydrogen-bond acceptors (Lipinski definition) is 6. The standard InChI is InChI=1S/C21H21BrO6/c1-4-12-11-15(18(23)13-7-9-14(22)10-8-13)16(20(25)27-5-2)17(19(12)24)21(26)28-6-3/h7-11,24H,4-6H2,1-3H3. The Morgan fingerprint density at radius 2 is 1.46 bits per heavy atom. The molecule has 6 nitrogen and oxygen atoms in total. The summed E-state index contributed by atoms with van der Waals surface area (Å²) in [6.45, 7) is 5.08. The third-order valence-corrected chi connectivity index (χ3v) is 4.60. The van der Waals surface area contributed by atoms with Crippen molar-refractivity contribution >= 4 is 33.7 Å². The summed E-state index contributed by atoms with van der Waals surface area (Å²) in [4.78, 5) is 38.3. The van der Waals surface area contributed by atoms with E-state index in [1.54, 1.807) is 45.0 Å². The highest BCUT2D eigenvalue weighted by molar-refractivity contribution is 9.10. The number of aryl methyl sites for hydroxylation is 1. The molecule has 2 aromatic rings. The second-order valence-electron chi connectivity index (χ2n) is 5.81. The van der Waals surface area contributed by atoms with E-state index in [-0.39, 0.29) is 35.7 Å². The van der Waals surface area contributed by atoms with E-state index in [1.807, 2.05) is 0 Å². The molecule has 0 aliphatic rings. The number of ketones is 1. The van der Waals surface area contributed by atoms with Gasteiger partial charge in [-0.2, -0.15) is 0 Å². The molecule has 2 rings (SSSR count). The lowest BCUT2D eigenvalue weighted by molar-refractivity contribution is 0.0474. The molecule has 2 aromatic carbocycles. The number of phenolic OH excluding ortho intramolecular Hbond substituents is 1. The summed E-state index contributed by atoms with van der Waals surface area (Å²) < 4.78 is 10.9. The number of esters is 2. The predicted molar refractivity (Wildman–Crippen MR) is 107 cm³/mol. The fraction of sp³-hybridized carbons (Fsp3) is 0.286. The van der Waals surface area contributed by atoms with Crippen molar-refractivity contribution in [3.8, 4) is 5.75 Å². The van der Waals surface area contributed by atoms with Crippen LogP contribution in [-0.2, 0) is 15.9 Å². The first kappa shape index (κ1) is 21.6. The van der Waals surface area contributed by atoms with Crippen LogP contribution in [0.2, 0.25) is 0 Å². The molecule has 0 amide bonds. The first-order chi connectivity index (χ1) is 13.3. The van der Waals surface area contributed by atoms with Gasteiger partial charge in [-0.3, -0.25) is 4.79 Å². The van der Waals surface area contributed by atoms with Crippen LogP contribution in [0.5, 0.6) is 5.75 Å². The molecule has 0 spiro atoms. The summed E-state index contributed by atoms with van der Waals surface area (Å²) in [5, 5.41) is 10.6. The molecule has 0 bridgehead atoms. The lowest BCUT2D eigenvalue weighted by Gasteiger charge is -2.17. The molecule has 0 saturated heterocycles. The highest BCUT2D eigenvalue weighted by Gasteiger charge is 2.31. The van der Waals surface area contributed by atoms with Gasteiger partial charge in [-0.1, -0.05) is 22.9 Å². The minimum atomic E-state index is -0.886. The van der Waals surface area contributed by atoms with Gasteiger partial charge in [0.05, 0.1) is 18.8 Å². The number of rotatable bonds is 7. The quantitative estimate of drug-likeness (QED) is 0.501. The monoisotopic (exact) mass is 448 g/mol. The minimum Gasteiger partial charge on any atom is -0.507 e. The average molecular weight is 449 g/mol. The number of ether oxygens (including phenoxy) is 2. The Balaban J connectivity index is 2.79. The second kappa shape index (κ2) is 9.50. The van der Waals surface area contributed by atoms with Crippen molar-refractivity contribution < 1.29 is 29.0 Å². The van der Waals surface area contributed by atoms with Crippen LogP contribution in [0, 0.1) is 0 Å². The van der Waals surface area contributed by atoms with Crippen LogP contribution in [-0.4, -0.2) is 36.0 Å². The number of aromatic hydroxyl groups is 1. The maximum Gasteiger partial charge on any atom is 0.342 e. The molecule has 0 aromatic heterocycles. The van der Waals surface area contributed by atoms with Gasteiger partial charge in [-0.25, -0.2) is 9.59 Å². The molecule has 148 valence electrons. The summed E-state index contributed by atoms with van der Waals surface area (Å²) in [6.07, 6.45) is 0.349. The fourth-order valence-electron chi connectivity index (χ4n) is 2.75. The Bertz CT molecular complexity index is 902. The van der Waals surface area contributed by atoms with E-state index in [0.29, 0.717) is 17.5 Å². The summed E-state index contributed by atoms with van der Waals surface area (Å²) in [7, 11) is 0. The highest BCUT2D eigenvalue weighted by Crippen LogP contribution is 2.33. The van der Waals surface area contributed by atoms with Crippen LogP contribution < -0.4 is 0 Å². The highest BCUT2D eigenvalue weighted by atomic mass is 79.9. The molecule has 0 saturated carbocycles. The fourth-order valence-corrected chi connectivity index (χ4v) is 3.02. The molecule has 28 heavy (non-hydrogen) atoms. The summed E-state index contributed by atoms with van der Waals surface area (Å²) in [5.41, 5.74) is 0.0365. The molecular formula is C21H21BrO6. The zero-order chi connectivity index (χ0) is 20.8. The Morgan fingerprint density at radius 3 is 1.96 bits per heavy atom. The Labute approximate surface area is 171 Å². The van der Waals surface area contributed by atoms with Crippen LogP contribution in [0.4, 0.5) is 0 Å². The van der Waals surface area contributed by atoms with Crippen molar-refractivity contribution in [1.82, 2.24) is 0 Å². The Hall–Kier alpha value is -2.67. The van der Waals surface area contributed by atoms with Crippen LogP contribution >= 0.6 is 15.9 Å². The van der Waals surface area contributed by atoms with E-state index < -0.39 is 17.7 Å². The molecular weight excluding hydrogens is 428 g/mol. The molecule has 7 heteroatoms. The van der Waals surface area contributed by atoms with Gasteiger partial charge in [-0.15, -0.1) is 0 Å². The molecule has 0 atom stereocenters. The van der Waals surface area contributed by atoms with Crippen molar-refractivity contribution in [3.63, 3.8) is 0 Å². The van der Waals surface area contributed by atoms with E-state index >= 15 is 0 Å². The SMILES string of the molecule is CCOC(=O)c1c(C(=O)c2ccc(Br)cc2)cc(CC)c(O)c1C(=O)OCC. The van der Waals surface area contributed by atoms with Crippen LogP contribution in [0.15, 0.2) is 34.8 Å². The van der Waals surface area contributed by atoms with Gasteiger partial charge >= 0.3 is 11.9 Å². The van der Waals surface area contributed by atoms with E-state index in [4.69, 9.17) is 9.47 Å². The number of benzene rings is 2. The van der Waals surface area contributed by atoms with E-state index in [9.17, 15) is 19.5 Å². The first-order valence-corrected chi connectivity index (χ1v) is 9.68. The minimum absolute atomic E-state index is 0.0153. The van der Waals surface area contributed by atoms with E-state index in [1.165, 1.54) is 6.07 Å². The maximum atomic E-state index is 13.1. The first-order valence-electron chi connectivity index (χ1n) is 8.88. The van der Waals surface area contributed by atoms with E-state index in [2.05, 4.69) is 15.9 Å². The van der Waals surface area contributed by atoms with Gasteiger partial charge in [0.25, 0.3) is 0 Å². The van der Waals surface area contributed by atoms with Crippen LogP contribution in [0.25, 0.3) is 0 Å². The van der Waals surface area contributed by atoms with Crippen molar-refractivity contribution in [3.05, 3.63) is 62.6 Å². The average Bonchev–Trinajstić information content (AvgIpc) is 2.67. The summed E-state index contributed by atoms with van der Waals surface area (Å²) in [5.74, 6) is -2.60. The van der Waals surface area contributed by atoms with Gasteiger partial charge < -0.3 is 14.6 Å². The van der Waals surface area contributed by atoms with Crippen molar-refractivity contribution in [2.45, 2.75) is 27.2 Å². The molecule has 0 aliphatic carbocycles. The number of carbonyl (C=O) groups excluding carboxylic acids is 3. The molecule has 0 unspecified atom stereocenters. The molecule has 1 N–H and O–H groups in total. The van der Waals surface area contributed by atoms with Crippen molar-refractivity contribution in [1.29, 1.82) is 0 Å². The van der Waals surface area contributed by atoms with Gasteiger partial charge in [-0.05, 0) is 56.2 Å². The van der Waals surface area contributed by atoms with Gasteiger partial charge in [0.15, 0.2) is 5.78 Å². The van der Waals surface area contributed by atoms with Crippen LogP contribution in [0.3, 0.4) is 0 Å². The normalized spacial score (nSPS) is 10.4. The predicted octanol–water partition coefficient (Wildman–Crippen LogP) is 4.30. The number of carbonyl (C=O) groups is 3. The van der Waals surface area contributed by atoms with Gasteiger partial charge in [0.2, 0.25) is 0 Å². The molecule has 0 radical (unpaired) electrons. The Kier molecular flexibility index (Phi) is 7.34. The Morgan fingerprint density at radius 1 is 0.929 bits per heavy atom. The number of hydrogen-bond donors (Lipinski definition) is 1. The van der Waals surface area contributed by atoms with Crippen LogP contribution in [0.1, 0.15) is 63.0 Å². The lowest BCUT2D eigenvalue weighted by Crippen LogP contribution is -2.20. The number of phenols is 1. The summed E-state index contributed by atoms with van der Waals surface area (Å²) in [6, 6.07) is 8.03. The topological polar surface area (TPSA) is 89.9 Å². The molecule has 0 heterocycles. The smallest absolute Gasteiger partial charge is 0.342 e. The maximum absolute atomic E-state index is 13.1. The van der Waals surface area contributed by atoms with Gasteiger partial charge in [0, 0.05) is 15.6 Å². The summed E-state index contributed by atoms with van der Waals surface area (Å²) >= 11 is 3.31. The molecule has 0 fully saturated rings. The van der Waals surface area contributed by atoms with Gasteiger partial charge in [0.1, 0.15) is 11.3 Å². The van der Waals surface area contributed by atoms with E-state index in [0.717, 1.165) is 4.47 Å². The largest absolute Gasteiger partial charge is 0.507 e.